The number of nitrogens with one attached hydrogen (secondary N) is 1. The van der Waals surface area contributed by atoms with Gasteiger partial charge in [-0.1, -0.05) is 23.7 Å². The Kier molecular flexibility index (Phi) is 6.14. The van der Waals surface area contributed by atoms with E-state index in [-0.39, 0.29) is 24.1 Å². The second kappa shape index (κ2) is 8.37. The van der Waals surface area contributed by atoms with Crippen LogP contribution in [0.2, 0.25) is 5.02 Å². The van der Waals surface area contributed by atoms with Gasteiger partial charge in [-0.05, 0) is 42.3 Å². The van der Waals surface area contributed by atoms with E-state index in [0.29, 0.717) is 18.1 Å². The van der Waals surface area contributed by atoms with E-state index in [1.54, 1.807) is 31.5 Å². The third-order valence-corrected chi connectivity index (χ3v) is 6.92. The van der Waals surface area contributed by atoms with Gasteiger partial charge in [0.25, 0.3) is 0 Å². The number of benzene rings is 1. The van der Waals surface area contributed by atoms with Crippen LogP contribution in [0.3, 0.4) is 0 Å². The smallest absolute Gasteiger partial charge is 0.225 e. The molecule has 0 saturated carbocycles. The molecule has 0 unspecified atom stereocenters. The standard InChI is InChI=1S/C19H22ClN3O3S/c1-2-27(25,26)23-12-17(15-6-8-21-9-7-15)18(13-23)19(24)22-11-14-4-3-5-16(20)10-14/h3-10,17-18H,2,11-13H2,1H3,(H,22,24)/t17-,18+/m0/s1. The number of pyridine rings is 1. The maximum absolute atomic E-state index is 12.9. The Balaban J connectivity index is 1.78. The number of rotatable bonds is 6. The SMILES string of the molecule is CCS(=O)(=O)N1C[C@@H](C(=O)NCc2cccc(Cl)c2)[C@H](c2ccncc2)C1. The summed E-state index contributed by atoms with van der Waals surface area (Å²) in [7, 11) is -3.36. The van der Waals surface area contributed by atoms with E-state index < -0.39 is 15.9 Å². The molecule has 1 aromatic heterocycles. The van der Waals surface area contributed by atoms with Gasteiger partial charge in [-0.25, -0.2) is 12.7 Å². The monoisotopic (exact) mass is 407 g/mol. The first-order valence-electron chi connectivity index (χ1n) is 8.80. The van der Waals surface area contributed by atoms with Gasteiger partial charge < -0.3 is 5.32 Å². The number of sulfonamides is 1. The molecule has 1 amide bonds. The molecule has 27 heavy (non-hydrogen) atoms. The van der Waals surface area contributed by atoms with Gasteiger partial charge in [-0.2, -0.15) is 0 Å². The maximum Gasteiger partial charge on any atom is 0.225 e. The molecule has 3 rings (SSSR count). The minimum Gasteiger partial charge on any atom is -0.352 e. The summed E-state index contributed by atoms with van der Waals surface area (Å²) in [5.74, 6) is -0.792. The van der Waals surface area contributed by atoms with Crippen LogP contribution in [0.4, 0.5) is 0 Å². The van der Waals surface area contributed by atoms with Crippen molar-refractivity contribution in [1.29, 1.82) is 0 Å². The molecular formula is C19H22ClN3O3S. The van der Waals surface area contributed by atoms with Crippen LogP contribution in [0.15, 0.2) is 48.8 Å². The first-order valence-corrected chi connectivity index (χ1v) is 10.8. The zero-order chi connectivity index (χ0) is 19.4. The molecule has 1 aromatic carbocycles. The van der Waals surface area contributed by atoms with Crippen molar-refractivity contribution < 1.29 is 13.2 Å². The summed E-state index contributed by atoms with van der Waals surface area (Å²) < 4.78 is 26.1. The normalized spacial score (nSPS) is 20.5. The van der Waals surface area contributed by atoms with E-state index in [2.05, 4.69) is 10.3 Å². The number of aromatic nitrogens is 1. The van der Waals surface area contributed by atoms with E-state index in [4.69, 9.17) is 11.6 Å². The molecule has 2 aromatic rings. The minimum atomic E-state index is -3.36. The Bertz CT molecular complexity index is 905. The van der Waals surface area contributed by atoms with E-state index in [1.165, 1.54) is 4.31 Å². The fourth-order valence-electron chi connectivity index (χ4n) is 3.36. The quantitative estimate of drug-likeness (QED) is 0.797. The lowest BCUT2D eigenvalue weighted by atomic mass is 9.89. The second-order valence-electron chi connectivity index (χ2n) is 6.56. The second-order valence-corrected chi connectivity index (χ2v) is 9.25. The highest BCUT2D eigenvalue weighted by Gasteiger charge is 2.42. The van der Waals surface area contributed by atoms with Crippen molar-refractivity contribution in [2.45, 2.75) is 19.4 Å². The fraction of sp³-hybridized carbons (Fsp3) is 0.368. The van der Waals surface area contributed by atoms with Gasteiger partial charge in [0.15, 0.2) is 0 Å². The fourth-order valence-corrected chi connectivity index (χ4v) is 4.71. The summed E-state index contributed by atoms with van der Waals surface area (Å²) >= 11 is 5.98. The van der Waals surface area contributed by atoms with E-state index >= 15 is 0 Å². The molecule has 8 heteroatoms. The lowest BCUT2D eigenvalue weighted by molar-refractivity contribution is -0.125. The Morgan fingerprint density at radius 2 is 2.00 bits per heavy atom. The van der Waals surface area contributed by atoms with Gasteiger partial charge in [-0.3, -0.25) is 9.78 Å². The summed E-state index contributed by atoms with van der Waals surface area (Å²) in [6.07, 6.45) is 3.32. The Morgan fingerprint density at radius 3 is 2.67 bits per heavy atom. The molecule has 1 saturated heterocycles. The number of carbonyl (C=O) groups excluding carboxylic acids is 1. The van der Waals surface area contributed by atoms with E-state index in [9.17, 15) is 13.2 Å². The molecule has 0 aliphatic carbocycles. The zero-order valence-corrected chi connectivity index (χ0v) is 16.6. The summed E-state index contributed by atoms with van der Waals surface area (Å²) in [6, 6.07) is 11.0. The van der Waals surface area contributed by atoms with Crippen molar-refractivity contribution in [2.75, 3.05) is 18.8 Å². The summed E-state index contributed by atoms with van der Waals surface area (Å²) in [4.78, 5) is 16.9. The number of hydrogen-bond donors (Lipinski definition) is 1. The summed E-state index contributed by atoms with van der Waals surface area (Å²) in [5, 5.41) is 3.53. The summed E-state index contributed by atoms with van der Waals surface area (Å²) in [5.41, 5.74) is 1.81. The molecule has 6 nitrogen and oxygen atoms in total. The van der Waals surface area contributed by atoms with E-state index in [1.807, 2.05) is 24.3 Å². The molecule has 1 aliphatic rings. The first-order chi connectivity index (χ1) is 12.9. The average Bonchev–Trinajstić information content (AvgIpc) is 3.13. The molecule has 0 radical (unpaired) electrons. The van der Waals surface area contributed by atoms with Crippen LogP contribution < -0.4 is 5.32 Å². The Morgan fingerprint density at radius 1 is 1.26 bits per heavy atom. The Labute approximate surface area is 164 Å². The number of carbonyl (C=O) groups is 1. The molecule has 2 heterocycles. The minimum absolute atomic E-state index is 0.0208. The molecular weight excluding hydrogens is 386 g/mol. The summed E-state index contributed by atoms with van der Waals surface area (Å²) in [6.45, 7) is 2.45. The van der Waals surface area contributed by atoms with Crippen LogP contribution in [-0.4, -0.2) is 42.5 Å². The molecule has 2 atom stereocenters. The van der Waals surface area contributed by atoms with Crippen molar-refractivity contribution in [3.63, 3.8) is 0 Å². The van der Waals surface area contributed by atoms with Crippen molar-refractivity contribution in [2.24, 2.45) is 5.92 Å². The van der Waals surface area contributed by atoms with Crippen LogP contribution >= 0.6 is 11.6 Å². The number of nitrogens with zero attached hydrogens (tertiary/aromatic N) is 2. The third-order valence-electron chi connectivity index (χ3n) is 4.87. The molecule has 0 bridgehead atoms. The van der Waals surface area contributed by atoms with Crippen LogP contribution in [0, 0.1) is 5.92 Å². The highest BCUT2D eigenvalue weighted by Crippen LogP contribution is 2.34. The van der Waals surface area contributed by atoms with Crippen molar-refractivity contribution in [3.8, 4) is 0 Å². The maximum atomic E-state index is 12.9. The van der Waals surface area contributed by atoms with Gasteiger partial charge >= 0.3 is 0 Å². The Hall–Kier alpha value is -1.96. The van der Waals surface area contributed by atoms with Crippen molar-refractivity contribution in [3.05, 3.63) is 64.9 Å². The van der Waals surface area contributed by atoms with Crippen LogP contribution in [0.25, 0.3) is 0 Å². The van der Waals surface area contributed by atoms with Crippen LogP contribution in [0.5, 0.6) is 0 Å². The predicted octanol–water partition coefficient (Wildman–Crippen LogP) is 2.42. The average molecular weight is 408 g/mol. The number of amides is 1. The molecule has 1 aliphatic heterocycles. The number of halogens is 1. The van der Waals surface area contributed by atoms with Gasteiger partial charge in [0.2, 0.25) is 15.9 Å². The van der Waals surface area contributed by atoms with Crippen LogP contribution in [0.1, 0.15) is 24.0 Å². The molecule has 1 N–H and O–H groups in total. The molecule has 1 fully saturated rings. The highest BCUT2D eigenvalue weighted by atomic mass is 35.5. The highest BCUT2D eigenvalue weighted by molar-refractivity contribution is 7.89. The topological polar surface area (TPSA) is 79.4 Å². The zero-order valence-electron chi connectivity index (χ0n) is 15.0. The lowest BCUT2D eigenvalue weighted by Gasteiger charge is -2.18. The molecule has 144 valence electrons. The third kappa shape index (κ3) is 4.66. The lowest BCUT2D eigenvalue weighted by Crippen LogP contribution is -2.35. The van der Waals surface area contributed by atoms with Gasteiger partial charge in [0.05, 0.1) is 11.7 Å². The van der Waals surface area contributed by atoms with Crippen molar-refractivity contribution in [1.82, 2.24) is 14.6 Å². The predicted molar refractivity (Wildman–Crippen MR) is 105 cm³/mol. The van der Waals surface area contributed by atoms with Crippen LogP contribution in [-0.2, 0) is 21.4 Å². The molecule has 0 spiro atoms. The van der Waals surface area contributed by atoms with Gasteiger partial charge in [0, 0.05) is 43.0 Å². The number of hydrogen-bond acceptors (Lipinski definition) is 4. The largest absolute Gasteiger partial charge is 0.352 e. The van der Waals surface area contributed by atoms with Crippen molar-refractivity contribution >= 4 is 27.5 Å². The van der Waals surface area contributed by atoms with Gasteiger partial charge in [0.1, 0.15) is 0 Å². The first kappa shape index (κ1) is 19.8. The van der Waals surface area contributed by atoms with Gasteiger partial charge in [-0.15, -0.1) is 0 Å². The van der Waals surface area contributed by atoms with E-state index in [0.717, 1.165) is 11.1 Å².